The van der Waals surface area contributed by atoms with E-state index in [0.29, 0.717) is 12.8 Å². The zero-order valence-corrected chi connectivity index (χ0v) is 11.0. The average molecular weight is 253 g/mol. The van der Waals surface area contributed by atoms with E-state index in [-0.39, 0.29) is 24.2 Å². The Hall–Kier alpha value is -1.39. The normalized spacial score (nSPS) is 30.8. The van der Waals surface area contributed by atoms with Crippen molar-refractivity contribution in [2.45, 2.75) is 52.0 Å². The highest BCUT2D eigenvalue weighted by Crippen LogP contribution is 2.47. The van der Waals surface area contributed by atoms with Crippen molar-refractivity contribution in [3.8, 4) is 0 Å². The third kappa shape index (κ3) is 1.42. The molecule has 1 unspecified atom stereocenters. The van der Waals surface area contributed by atoms with Crippen LogP contribution in [0.15, 0.2) is 0 Å². The van der Waals surface area contributed by atoms with Crippen molar-refractivity contribution < 1.29 is 19.5 Å². The first kappa shape index (κ1) is 13.1. The van der Waals surface area contributed by atoms with E-state index in [4.69, 9.17) is 0 Å². The number of likely N-dealkylation sites (tertiary alicyclic amines) is 1. The summed E-state index contributed by atoms with van der Waals surface area (Å²) in [6, 6.07) is 0. The van der Waals surface area contributed by atoms with Crippen LogP contribution in [0.25, 0.3) is 0 Å². The molecule has 1 atom stereocenters. The second-order valence-corrected chi connectivity index (χ2v) is 5.97. The van der Waals surface area contributed by atoms with Crippen LogP contribution in [-0.2, 0) is 14.4 Å². The number of aliphatic carboxylic acids is 1. The minimum absolute atomic E-state index is 0.0184. The fraction of sp³-hybridized carbons (Fsp3) is 0.769. The maximum atomic E-state index is 12.5. The Morgan fingerprint density at radius 3 is 2.17 bits per heavy atom. The van der Waals surface area contributed by atoms with Crippen molar-refractivity contribution >= 4 is 17.8 Å². The van der Waals surface area contributed by atoms with E-state index in [0.717, 1.165) is 11.3 Å². The Kier molecular flexibility index (Phi) is 2.76. The average Bonchev–Trinajstić information content (AvgIpc) is 2.41. The monoisotopic (exact) mass is 253 g/mol. The van der Waals surface area contributed by atoms with Crippen molar-refractivity contribution in [1.82, 2.24) is 4.90 Å². The van der Waals surface area contributed by atoms with Gasteiger partial charge in [-0.15, -0.1) is 0 Å². The molecule has 0 radical (unpaired) electrons. The van der Waals surface area contributed by atoms with Gasteiger partial charge in [0.25, 0.3) is 0 Å². The van der Waals surface area contributed by atoms with Gasteiger partial charge in [0, 0.05) is 6.42 Å². The summed E-state index contributed by atoms with van der Waals surface area (Å²) in [4.78, 5) is 37.0. The van der Waals surface area contributed by atoms with Crippen LogP contribution in [0.2, 0.25) is 0 Å². The Morgan fingerprint density at radius 2 is 1.89 bits per heavy atom. The third-order valence-electron chi connectivity index (χ3n) is 4.74. The molecular weight excluding hydrogens is 234 g/mol. The lowest BCUT2D eigenvalue weighted by Gasteiger charge is -2.44. The zero-order valence-electron chi connectivity index (χ0n) is 11.0. The first-order chi connectivity index (χ1) is 8.25. The predicted octanol–water partition coefficient (Wildman–Crippen LogP) is 1.41. The molecule has 1 saturated heterocycles. The van der Waals surface area contributed by atoms with Crippen molar-refractivity contribution in [1.29, 1.82) is 0 Å². The molecule has 2 aliphatic rings. The second-order valence-electron chi connectivity index (χ2n) is 5.97. The highest BCUT2D eigenvalue weighted by atomic mass is 16.4. The van der Waals surface area contributed by atoms with Crippen LogP contribution in [0.5, 0.6) is 0 Å². The number of rotatable bonds is 3. The van der Waals surface area contributed by atoms with Gasteiger partial charge >= 0.3 is 5.97 Å². The number of hydrogen-bond donors (Lipinski definition) is 1. The molecule has 0 aromatic carbocycles. The molecule has 18 heavy (non-hydrogen) atoms. The van der Waals surface area contributed by atoms with Crippen LogP contribution < -0.4 is 0 Å². The lowest BCUT2D eigenvalue weighted by Crippen LogP contribution is -2.62. The van der Waals surface area contributed by atoms with E-state index in [1.54, 1.807) is 6.92 Å². The van der Waals surface area contributed by atoms with E-state index >= 15 is 0 Å². The maximum absolute atomic E-state index is 12.5. The molecule has 0 spiro atoms. The third-order valence-corrected chi connectivity index (χ3v) is 4.74. The fourth-order valence-corrected chi connectivity index (χ4v) is 2.77. The summed E-state index contributed by atoms with van der Waals surface area (Å²) >= 11 is 0. The van der Waals surface area contributed by atoms with E-state index < -0.39 is 16.9 Å². The highest BCUT2D eigenvalue weighted by Gasteiger charge is 2.61. The molecule has 5 heteroatoms. The zero-order chi connectivity index (χ0) is 13.7. The van der Waals surface area contributed by atoms with Crippen molar-refractivity contribution in [2.24, 2.45) is 11.3 Å². The summed E-state index contributed by atoms with van der Waals surface area (Å²) < 4.78 is 0. The first-order valence-electron chi connectivity index (χ1n) is 6.36. The lowest BCUT2D eigenvalue weighted by atomic mass is 9.74. The molecule has 1 aliphatic carbocycles. The van der Waals surface area contributed by atoms with E-state index in [9.17, 15) is 19.5 Å². The number of hydrogen-bond acceptors (Lipinski definition) is 3. The number of carboxylic acid groups (broad SMARTS) is 1. The van der Waals surface area contributed by atoms with Crippen molar-refractivity contribution in [3.05, 3.63) is 0 Å². The molecule has 2 amide bonds. The molecular formula is C13H19NO4. The molecule has 100 valence electrons. The van der Waals surface area contributed by atoms with Gasteiger partial charge in [0.2, 0.25) is 11.8 Å². The van der Waals surface area contributed by atoms with Gasteiger partial charge in [-0.25, -0.2) is 4.79 Å². The van der Waals surface area contributed by atoms with Crippen molar-refractivity contribution in [2.75, 3.05) is 0 Å². The van der Waals surface area contributed by atoms with Crippen LogP contribution in [-0.4, -0.2) is 33.3 Å². The number of carbonyl (C=O) groups is 3. The summed E-state index contributed by atoms with van der Waals surface area (Å²) in [6.45, 7) is 5.54. The topological polar surface area (TPSA) is 74.7 Å². The Labute approximate surface area is 106 Å². The smallest absolute Gasteiger partial charge is 0.330 e. The molecule has 0 aromatic heterocycles. The van der Waals surface area contributed by atoms with Gasteiger partial charge < -0.3 is 5.11 Å². The summed E-state index contributed by atoms with van der Waals surface area (Å²) in [5, 5.41) is 9.34. The Morgan fingerprint density at radius 1 is 1.33 bits per heavy atom. The molecule has 1 heterocycles. The summed E-state index contributed by atoms with van der Waals surface area (Å²) in [7, 11) is 0. The lowest BCUT2D eigenvalue weighted by molar-refractivity contribution is -0.170. The largest absolute Gasteiger partial charge is 0.479 e. The predicted molar refractivity (Wildman–Crippen MR) is 63.6 cm³/mol. The van der Waals surface area contributed by atoms with Crippen LogP contribution in [0.1, 0.15) is 46.5 Å². The highest BCUT2D eigenvalue weighted by molar-refractivity contribution is 6.09. The van der Waals surface area contributed by atoms with E-state index in [2.05, 4.69) is 0 Å². The van der Waals surface area contributed by atoms with Gasteiger partial charge in [-0.1, -0.05) is 13.8 Å². The quantitative estimate of drug-likeness (QED) is 0.772. The summed E-state index contributed by atoms with van der Waals surface area (Å²) in [6.07, 6.45) is 1.64. The molecule has 1 N–H and O–H groups in total. The molecule has 0 aromatic rings. The van der Waals surface area contributed by atoms with Gasteiger partial charge in [0.05, 0.1) is 5.41 Å². The van der Waals surface area contributed by atoms with Gasteiger partial charge in [0.15, 0.2) is 0 Å². The minimum Gasteiger partial charge on any atom is -0.479 e. The summed E-state index contributed by atoms with van der Waals surface area (Å²) in [5.41, 5.74) is -2.02. The van der Waals surface area contributed by atoms with Crippen LogP contribution >= 0.6 is 0 Å². The van der Waals surface area contributed by atoms with E-state index in [1.165, 1.54) is 0 Å². The molecule has 0 bridgehead atoms. The minimum atomic E-state index is -1.26. The van der Waals surface area contributed by atoms with Crippen LogP contribution in [0, 0.1) is 11.3 Å². The Bertz CT molecular complexity index is 425. The fourth-order valence-electron chi connectivity index (χ4n) is 2.77. The number of carboxylic acids is 1. The Balaban J connectivity index is 2.39. The van der Waals surface area contributed by atoms with Gasteiger partial charge in [-0.05, 0) is 32.1 Å². The maximum Gasteiger partial charge on any atom is 0.330 e. The molecule has 5 nitrogen and oxygen atoms in total. The van der Waals surface area contributed by atoms with Crippen molar-refractivity contribution in [3.63, 3.8) is 0 Å². The van der Waals surface area contributed by atoms with Crippen LogP contribution in [0.3, 0.4) is 0 Å². The molecule has 1 saturated carbocycles. The molecule has 2 rings (SSSR count). The summed E-state index contributed by atoms with van der Waals surface area (Å²) in [5.74, 6) is -1.68. The van der Waals surface area contributed by atoms with Crippen LogP contribution in [0.4, 0.5) is 0 Å². The number of carbonyl (C=O) groups excluding carboxylic acids is 2. The first-order valence-corrected chi connectivity index (χ1v) is 6.36. The van der Waals surface area contributed by atoms with Gasteiger partial charge in [-0.2, -0.15) is 0 Å². The van der Waals surface area contributed by atoms with Gasteiger partial charge in [0.1, 0.15) is 5.54 Å². The number of nitrogens with zero attached hydrogens (tertiary/aromatic N) is 1. The molecule has 1 aliphatic heterocycles. The molecule has 2 fully saturated rings. The van der Waals surface area contributed by atoms with E-state index in [1.807, 2.05) is 13.8 Å². The second kappa shape index (κ2) is 3.80. The number of amides is 2. The SMILES string of the molecule is CC(C)C1(C)CC(=O)N(C2(C(=O)O)CCC2)C1=O. The number of imide groups is 1. The standard InChI is InChI=1S/C13H19NO4/c1-8(2)12(3)7-9(15)14(10(12)16)13(11(17)18)5-4-6-13/h8H,4-7H2,1-3H3,(H,17,18). The van der Waals surface area contributed by atoms with Gasteiger partial charge in [-0.3, -0.25) is 14.5 Å².